The van der Waals surface area contributed by atoms with Crippen LogP contribution in [-0.4, -0.2) is 16.5 Å². The van der Waals surface area contributed by atoms with Crippen molar-refractivity contribution in [3.63, 3.8) is 0 Å². The number of aromatic nitrogens is 1. The first kappa shape index (κ1) is 11.4. The fourth-order valence-corrected chi connectivity index (χ4v) is 2.80. The van der Waals surface area contributed by atoms with Crippen molar-refractivity contribution in [1.82, 2.24) is 4.98 Å². The van der Waals surface area contributed by atoms with Gasteiger partial charge in [0.1, 0.15) is 10.1 Å². The van der Waals surface area contributed by atoms with Gasteiger partial charge in [0.2, 0.25) is 0 Å². The average Bonchev–Trinajstić information content (AvgIpc) is 2.81. The van der Waals surface area contributed by atoms with Crippen molar-refractivity contribution >= 4 is 28.9 Å². The summed E-state index contributed by atoms with van der Waals surface area (Å²) in [7, 11) is 0. The number of hydrogen-bond acceptors (Lipinski definition) is 4. The van der Waals surface area contributed by atoms with Crippen LogP contribution in [0.2, 0.25) is 0 Å². The molecule has 82 valence electrons. The molecule has 0 N–H and O–H groups in total. The summed E-state index contributed by atoms with van der Waals surface area (Å²) in [4.78, 5) is 15.8. The molecule has 0 bridgehead atoms. The number of benzene rings is 1. The Kier molecular flexibility index (Phi) is 4.13. The minimum Gasteiger partial charge on any atom is -0.298 e. The number of hydrogen-bond donors (Lipinski definition) is 0. The van der Waals surface area contributed by atoms with Crippen molar-refractivity contribution in [2.75, 3.05) is 5.75 Å². The first-order chi connectivity index (χ1) is 7.84. The smallest absolute Gasteiger partial charge is 0.150 e. The molecule has 0 fully saturated rings. The normalized spacial score (nSPS) is 10.2. The van der Waals surface area contributed by atoms with Gasteiger partial charge in [-0.25, -0.2) is 4.98 Å². The Balaban J connectivity index is 1.81. The molecule has 0 aliphatic carbocycles. The van der Waals surface area contributed by atoms with Gasteiger partial charge in [0.15, 0.2) is 0 Å². The highest BCUT2D eigenvalue weighted by Gasteiger charge is 2.05. The standard InChI is InChI=1S/C12H11NOS2/c14-11(8-10-4-2-1-3-5-10)9-16-12-13-6-7-15-12/h1-7H,8-9H2. The molecule has 0 atom stereocenters. The Morgan fingerprint density at radius 2 is 2.12 bits per heavy atom. The van der Waals surface area contributed by atoms with E-state index in [1.165, 1.54) is 11.8 Å². The molecule has 1 aromatic carbocycles. The number of carbonyl (C=O) groups is 1. The number of ketones is 1. The number of rotatable bonds is 5. The van der Waals surface area contributed by atoms with Gasteiger partial charge in [0, 0.05) is 18.0 Å². The van der Waals surface area contributed by atoms with Crippen LogP contribution in [0.3, 0.4) is 0 Å². The van der Waals surface area contributed by atoms with E-state index >= 15 is 0 Å². The minimum atomic E-state index is 0.242. The second-order valence-corrected chi connectivity index (χ2v) is 5.40. The highest BCUT2D eigenvalue weighted by molar-refractivity contribution is 8.01. The molecule has 0 unspecified atom stereocenters. The first-order valence-electron chi connectivity index (χ1n) is 4.92. The Morgan fingerprint density at radius 1 is 1.31 bits per heavy atom. The Hall–Kier alpha value is -1.13. The summed E-state index contributed by atoms with van der Waals surface area (Å²) in [6.45, 7) is 0. The van der Waals surface area contributed by atoms with Crippen molar-refractivity contribution in [3.8, 4) is 0 Å². The van der Waals surface area contributed by atoms with Crippen molar-refractivity contribution in [3.05, 3.63) is 47.5 Å². The SMILES string of the molecule is O=C(CSc1nccs1)Cc1ccccc1. The van der Waals surface area contributed by atoms with Gasteiger partial charge in [0.05, 0.1) is 5.75 Å². The average molecular weight is 249 g/mol. The third-order valence-corrected chi connectivity index (χ3v) is 4.04. The molecule has 0 saturated carbocycles. The number of Topliss-reactive ketones (excluding diaryl/α,β-unsaturated/α-hetero) is 1. The van der Waals surface area contributed by atoms with E-state index in [0.717, 1.165) is 9.90 Å². The summed E-state index contributed by atoms with van der Waals surface area (Å²) in [5.41, 5.74) is 1.08. The number of nitrogens with zero attached hydrogens (tertiary/aromatic N) is 1. The van der Waals surface area contributed by atoms with Crippen LogP contribution in [-0.2, 0) is 11.2 Å². The zero-order valence-electron chi connectivity index (χ0n) is 8.63. The topological polar surface area (TPSA) is 30.0 Å². The fourth-order valence-electron chi connectivity index (χ4n) is 1.30. The van der Waals surface area contributed by atoms with E-state index < -0.39 is 0 Å². The summed E-state index contributed by atoms with van der Waals surface area (Å²) < 4.78 is 0.960. The molecule has 0 aliphatic rings. The van der Waals surface area contributed by atoms with Crippen LogP contribution in [0.1, 0.15) is 5.56 Å². The lowest BCUT2D eigenvalue weighted by Gasteiger charge is -1.99. The summed E-state index contributed by atoms with van der Waals surface area (Å²) in [5.74, 6) is 0.744. The molecule has 2 rings (SSSR count). The first-order valence-corrected chi connectivity index (χ1v) is 6.79. The van der Waals surface area contributed by atoms with Gasteiger partial charge in [-0.05, 0) is 5.56 Å². The molecule has 1 aromatic heterocycles. The summed E-state index contributed by atoms with van der Waals surface area (Å²) in [6.07, 6.45) is 2.27. The molecule has 2 aromatic rings. The quantitative estimate of drug-likeness (QED) is 0.763. The predicted molar refractivity (Wildman–Crippen MR) is 68.0 cm³/mol. The minimum absolute atomic E-state index is 0.242. The van der Waals surface area contributed by atoms with E-state index in [-0.39, 0.29) is 5.78 Å². The van der Waals surface area contributed by atoms with E-state index in [9.17, 15) is 4.79 Å². The zero-order chi connectivity index (χ0) is 11.2. The van der Waals surface area contributed by atoms with Crippen LogP contribution >= 0.6 is 23.1 Å². The van der Waals surface area contributed by atoms with Crippen LogP contribution in [0, 0.1) is 0 Å². The highest BCUT2D eigenvalue weighted by atomic mass is 32.2. The van der Waals surface area contributed by atoms with E-state index in [4.69, 9.17) is 0 Å². The molecule has 1 heterocycles. The van der Waals surface area contributed by atoms with Gasteiger partial charge in [-0.15, -0.1) is 11.3 Å². The lowest BCUT2D eigenvalue weighted by atomic mass is 10.1. The number of thiazole rings is 1. The number of thioether (sulfide) groups is 1. The lowest BCUT2D eigenvalue weighted by Crippen LogP contribution is -2.05. The van der Waals surface area contributed by atoms with Crippen LogP contribution in [0.25, 0.3) is 0 Å². The van der Waals surface area contributed by atoms with E-state index in [2.05, 4.69) is 4.98 Å². The van der Waals surface area contributed by atoms with Gasteiger partial charge in [0.25, 0.3) is 0 Å². The van der Waals surface area contributed by atoms with Crippen molar-refractivity contribution in [2.24, 2.45) is 0 Å². The van der Waals surface area contributed by atoms with E-state index in [0.29, 0.717) is 12.2 Å². The summed E-state index contributed by atoms with van der Waals surface area (Å²) in [5, 5.41) is 1.92. The fraction of sp³-hybridized carbons (Fsp3) is 0.167. The maximum absolute atomic E-state index is 11.7. The highest BCUT2D eigenvalue weighted by Crippen LogP contribution is 2.20. The molecule has 0 radical (unpaired) electrons. The second-order valence-electron chi connectivity index (χ2n) is 3.29. The van der Waals surface area contributed by atoms with E-state index in [1.54, 1.807) is 17.5 Å². The molecule has 0 aliphatic heterocycles. The third kappa shape index (κ3) is 3.47. The zero-order valence-corrected chi connectivity index (χ0v) is 10.3. The molecule has 0 amide bonds. The van der Waals surface area contributed by atoms with Gasteiger partial charge < -0.3 is 0 Å². The molecule has 0 saturated heterocycles. The largest absolute Gasteiger partial charge is 0.298 e. The van der Waals surface area contributed by atoms with Crippen LogP contribution in [0.4, 0.5) is 0 Å². The van der Waals surface area contributed by atoms with Gasteiger partial charge in [-0.3, -0.25) is 4.79 Å². The Morgan fingerprint density at radius 3 is 2.81 bits per heavy atom. The monoisotopic (exact) mass is 249 g/mol. The lowest BCUT2D eigenvalue weighted by molar-refractivity contribution is -0.116. The third-order valence-electron chi connectivity index (χ3n) is 2.01. The molecule has 0 spiro atoms. The molecule has 2 nitrogen and oxygen atoms in total. The molecular formula is C12H11NOS2. The van der Waals surface area contributed by atoms with Gasteiger partial charge in [-0.2, -0.15) is 0 Å². The van der Waals surface area contributed by atoms with Crippen LogP contribution in [0.15, 0.2) is 46.2 Å². The summed E-state index contributed by atoms with van der Waals surface area (Å²) in [6, 6.07) is 9.82. The molecular weight excluding hydrogens is 238 g/mol. The Bertz CT molecular complexity index is 439. The summed E-state index contributed by atoms with van der Waals surface area (Å²) >= 11 is 3.08. The molecule has 4 heteroatoms. The van der Waals surface area contributed by atoms with E-state index in [1.807, 2.05) is 35.7 Å². The van der Waals surface area contributed by atoms with Crippen LogP contribution in [0.5, 0.6) is 0 Å². The molecule has 16 heavy (non-hydrogen) atoms. The Labute approximate surface area is 103 Å². The second kappa shape index (κ2) is 5.82. The van der Waals surface area contributed by atoms with Gasteiger partial charge >= 0.3 is 0 Å². The van der Waals surface area contributed by atoms with Gasteiger partial charge in [-0.1, -0.05) is 42.1 Å². The van der Waals surface area contributed by atoms with Crippen molar-refractivity contribution in [2.45, 2.75) is 10.8 Å². The number of carbonyl (C=O) groups excluding carboxylic acids is 1. The maximum Gasteiger partial charge on any atom is 0.150 e. The van der Waals surface area contributed by atoms with Crippen molar-refractivity contribution < 1.29 is 4.79 Å². The predicted octanol–water partition coefficient (Wildman–Crippen LogP) is 3.05. The maximum atomic E-state index is 11.7. The van der Waals surface area contributed by atoms with Crippen LogP contribution < -0.4 is 0 Å². The van der Waals surface area contributed by atoms with Crippen molar-refractivity contribution in [1.29, 1.82) is 0 Å².